The zero-order chi connectivity index (χ0) is 19.5. The van der Waals surface area contributed by atoms with Gasteiger partial charge in [0.15, 0.2) is 21.5 Å². The molecule has 2 aliphatic heterocycles. The van der Waals surface area contributed by atoms with Crippen LogP contribution in [0.15, 0.2) is 27.9 Å². The van der Waals surface area contributed by atoms with Crippen LogP contribution in [0.2, 0.25) is 0 Å². The van der Waals surface area contributed by atoms with Crippen molar-refractivity contribution in [2.24, 2.45) is 0 Å². The number of carbonyl (C=O) groups is 2. The topological polar surface area (TPSA) is 101 Å². The van der Waals surface area contributed by atoms with Crippen LogP contribution in [-0.4, -0.2) is 58.5 Å². The largest absolute Gasteiger partial charge is 0.476 e. The van der Waals surface area contributed by atoms with Gasteiger partial charge in [-0.2, -0.15) is 0 Å². The summed E-state index contributed by atoms with van der Waals surface area (Å²) in [6, 6.07) is 5.84. The summed E-state index contributed by atoms with van der Waals surface area (Å²) in [6.07, 6.45) is 1.38. The van der Waals surface area contributed by atoms with Crippen LogP contribution >= 0.6 is 23.1 Å². The highest BCUT2D eigenvalue weighted by Gasteiger charge is 2.30. The Balaban J connectivity index is 1.28. The molecule has 3 heterocycles. The molecule has 8 nitrogen and oxygen atoms in total. The number of anilines is 1. The fourth-order valence-electron chi connectivity index (χ4n) is 3.21. The average Bonchev–Trinajstić information content (AvgIpc) is 3.41. The van der Waals surface area contributed by atoms with Crippen molar-refractivity contribution in [1.29, 1.82) is 0 Å². The van der Waals surface area contributed by atoms with E-state index < -0.39 is 5.97 Å². The van der Waals surface area contributed by atoms with Gasteiger partial charge in [-0.3, -0.25) is 4.79 Å². The summed E-state index contributed by atoms with van der Waals surface area (Å²) in [6.45, 7) is 1.52. The Morgan fingerprint density at radius 1 is 1.39 bits per heavy atom. The maximum absolute atomic E-state index is 12.2. The number of amides is 1. The minimum atomic E-state index is -1.02. The van der Waals surface area contributed by atoms with Gasteiger partial charge >= 0.3 is 5.97 Å². The van der Waals surface area contributed by atoms with Gasteiger partial charge in [-0.05, 0) is 18.6 Å². The summed E-state index contributed by atoms with van der Waals surface area (Å²) >= 11 is 2.79. The molecule has 0 bridgehead atoms. The Bertz CT molecular complexity index is 888. The molecule has 2 aliphatic rings. The third kappa shape index (κ3) is 4.17. The number of carboxylic acids is 1. The lowest BCUT2D eigenvalue weighted by Gasteiger charge is -2.25. The normalized spacial score (nSPS) is 17.9. The number of likely N-dealkylation sites (tertiary alicyclic amines) is 1. The molecule has 148 valence electrons. The molecule has 1 aromatic heterocycles. The average molecular weight is 422 g/mol. The number of hydrogen-bond donors (Lipinski definition) is 2. The highest BCUT2D eigenvalue weighted by molar-refractivity contribution is 8.01. The summed E-state index contributed by atoms with van der Waals surface area (Å²) in [7, 11) is 0. The Morgan fingerprint density at radius 2 is 2.25 bits per heavy atom. The zero-order valence-electron chi connectivity index (χ0n) is 14.9. The first-order valence-electron chi connectivity index (χ1n) is 8.85. The smallest absolute Gasteiger partial charge is 0.355 e. The van der Waals surface area contributed by atoms with E-state index in [1.807, 2.05) is 23.1 Å². The van der Waals surface area contributed by atoms with Crippen LogP contribution in [0.1, 0.15) is 23.3 Å². The Kier molecular flexibility index (Phi) is 5.58. The summed E-state index contributed by atoms with van der Waals surface area (Å²) in [5.74, 6) is 1.29. The number of benzene rings is 1. The van der Waals surface area contributed by atoms with E-state index in [4.69, 9.17) is 14.6 Å². The number of fused-ring (bicyclic) bond motifs is 1. The number of hydrogen-bond acceptors (Lipinski definition) is 8. The fraction of sp³-hybridized carbons (Fsp3) is 0.389. The van der Waals surface area contributed by atoms with Crippen LogP contribution in [0.3, 0.4) is 0 Å². The Morgan fingerprint density at radius 3 is 3.07 bits per heavy atom. The van der Waals surface area contributed by atoms with E-state index in [1.165, 1.54) is 28.5 Å². The molecule has 1 atom stereocenters. The van der Waals surface area contributed by atoms with Crippen molar-refractivity contribution in [1.82, 2.24) is 9.88 Å². The highest BCUT2D eigenvalue weighted by Crippen LogP contribution is 2.34. The first-order chi connectivity index (χ1) is 13.6. The van der Waals surface area contributed by atoms with E-state index in [0.717, 1.165) is 23.6 Å². The monoisotopic (exact) mass is 421 g/mol. The van der Waals surface area contributed by atoms with Crippen molar-refractivity contribution in [2.45, 2.75) is 23.2 Å². The minimum absolute atomic E-state index is 0.0653. The van der Waals surface area contributed by atoms with Crippen molar-refractivity contribution in [2.75, 3.05) is 31.0 Å². The first-order valence-corrected chi connectivity index (χ1v) is 10.7. The quantitative estimate of drug-likeness (QED) is 0.628. The summed E-state index contributed by atoms with van der Waals surface area (Å²) < 4.78 is 11.4. The van der Waals surface area contributed by atoms with Crippen molar-refractivity contribution < 1.29 is 24.2 Å². The molecular formula is C18H19N3O5S2. The molecule has 2 aromatic rings. The molecular weight excluding hydrogens is 402 g/mol. The second kappa shape index (κ2) is 8.27. The van der Waals surface area contributed by atoms with Crippen LogP contribution in [0.5, 0.6) is 11.5 Å². The predicted octanol–water partition coefficient (Wildman–Crippen LogP) is 2.77. The van der Waals surface area contributed by atoms with E-state index in [2.05, 4.69) is 10.3 Å². The molecule has 0 saturated carbocycles. The maximum Gasteiger partial charge on any atom is 0.355 e. The van der Waals surface area contributed by atoms with Gasteiger partial charge < -0.3 is 24.8 Å². The van der Waals surface area contributed by atoms with E-state index in [0.29, 0.717) is 29.6 Å². The lowest BCUT2D eigenvalue weighted by Crippen LogP contribution is -2.39. The summed E-state index contributed by atoms with van der Waals surface area (Å²) in [4.78, 5) is 29.1. The number of nitrogens with one attached hydrogen (secondary N) is 1. The molecule has 0 aliphatic carbocycles. The molecule has 1 fully saturated rings. The number of carbonyl (C=O) groups excluding carboxylic acids is 1. The molecule has 0 radical (unpaired) electrons. The van der Waals surface area contributed by atoms with Gasteiger partial charge in [0.05, 0.1) is 0 Å². The van der Waals surface area contributed by atoms with Gasteiger partial charge in [-0.1, -0.05) is 11.8 Å². The number of carboxylic acid groups (broad SMARTS) is 1. The van der Waals surface area contributed by atoms with Gasteiger partial charge in [0, 0.05) is 48.4 Å². The molecule has 1 amide bonds. The Labute approximate surface area is 169 Å². The van der Waals surface area contributed by atoms with Crippen molar-refractivity contribution in [3.63, 3.8) is 0 Å². The van der Waals surface area contributed by atoms with E-state index in [-0.39, 0.29) is 24.4 Å². The molecule has 1 aromatic carbocycles. The van der Waals surface area contributed by atoms with Gasteiger partial charge in [-0.25, -0.2) is 9.78 Å². The number of aromatic carboxylic acids is 1. The molecule has 0 spiro atoms. The molecule has 1 unspecified atom stereocenters. The molecule has 28 heavy (non-hydrogen) atoms. The minimum Gasteiger partial charge on any atom is -0.476 e. The zero-order valence-corrected chi connectivity index (χ0v) is 16.6. The molecule has 10 heteroatoms. The standard InChI is InChI=1S/C18H19N3O5S2/c22-16-4-2-12(8-19-11-1-3-14-15(7-11)26-10-25-14)21(16)5-6-27-18-20-13(9-28-18)17(23)24/h1,3,7,9,12,19H,2,4-6,8,10H2,(H,23,24). The molecule has 1 saturated heterocycles. The van der Waals surface area contributed by atoms with Crippen LogP contribution in [0.25, 0.3) is 0 Å². The van der Waals surface area contributed by atoms with Gasteiger partial charge in [0.1, 0.15) is 0 Å². The van der Waals surface area contributed by atoms with E-state index >= 15 is 0 Å². The van der Waals surface area contributed by atoms with E-state index in [1.54, 1.807) is 0 Å². The van der Waals surface area contributed by atoms with E-state index in [9.17, 15) is 9.59 Å². The molecule has 2 N–H and O–H groups in total. The number of rotatable bonds is 8. The van der Waals surface area contributed by atoms with Gasteiger partial charge in [0.2, 0.25) is 12.7 Å². The second-order valence-corrected chi connectivity index (χ2v) is 8.58. The lowest BCUT2D eigenvalue weighted by molar-refractivity contribution is -0.128. The number of nitrogens with zero attached hydrogens (tertiary/aromatic N) is 2. The Hall–Kier alpha value is -2.46. The maximum atomic E-state index is 12.2. The summed E-state index contributed by atoms with van der Waals surface area (Å²) in [5, 5.41) is 13.8. The predicted molar refractivity (Wildman–Crippen MR) is 106 cm³/mol. The third-order valence-electron chi connectivity index (χ3n) is 4.63. The number of thiazole rings is 1. The van der Waals surface area contributed by atoms with Crippen LogP contribution < -0.4 is 14.8 Å². The van der Waals surface area contributed by atoms with Gasteiger partial charge in [0.25, 0.3) is 0 Å². The number of thioether (sulfide) groups is 1. The second-order valence-electron chi connectivity index (χ2n) is 6.38. The lowest BCUT2D eigenvalue weighted by atomic mass is 10.2. The van der Waals surface area contributed by atoms with Crippen molar-refractivity contribution >= 4 is 40.7 Å². The van der Waals surface area contributed by atoms with Crippen LogP contribution in [-0.2, 0) is 4.79 Å². The third-order valence-corrected chi connectivity index (χ3v) is 6.63. The van der Waals surface area contributed by atoms with Crippen LogP contribution in [0, 0.1) is 0 Å². The highest BCUT2D eigenvalue weighted by atomic mass is 32.2. The SMILES string of the molecule is O=C(O)c1csc(SCCN2C(=O)CCC2CNc2ccc3c(c2)OCO3)n1. The fourth-order valence-corrected chi connectivity index (χ4v) is 5.02. The first kappa shape index (κ1) is 18.9. The van der Waals surface area contributed by atoms with Gasteiger partial charge in [-0.15, -0.1) is 11.3 Å². The van der Waals surface area contributed by atoms with Crippen LogP contribution in [0.4, 0.5) is 5.69 Å². The summed E-state index contributed by atoms with van der Waals surface area (Å²) in [5.41, 5.74) is 0.998. The van der Waals surface area contributed by atoms with Crippen molar-refractivity contribution in [3.05, 3.63) is 29.3 Å². The van der Waals surface area contributed by atoms with Crippen molar-refractivity contribution in [3.8, 4) is 11.5 Å². The molecule has 4 rings (SSSR count). The number of aromatic nitrogens is 1. The number of ether oxygens (including phenoxy) is 2.